The third-order valence-corrected chi connectivity index (χ3v) is 4.63. The lowest BCUT2D eigenvalue weighted by Crippen LogP contribution is -1.87. The van der Waals surface area contributed by atoms with Crippen LogP contribution in [-0.4, -0.2) is 4.92 Å². The van der Waals surface area contributed by atoms with Crippen LogP contribution in [-0.2, 0) is 0 Å². The van der Waals surface area contributed by atoms with Crippen molar-refractivity contribution in [3.8, 4) is 0 Å². The summed E-state index contributed by atoms with van der Waals surface area (Å²) in [4.78, 5) is 10.4. The van der Waals surface area contributed by atoms with E-state index in [2.05, 4.69) is 38.5 Å². The van der Waals surface area contributed by atoms with Gasteiger partial charge in [0.2, 0.25) is 0 Å². The van der Waals surface area contributed by atoms with Gasteiger partial charge in [-0.3, -0.25) is 10.1 Å². The molecule has 1 aromatic heterocycles. The van der Waals surface area contributed by atoms with Crippen LogP contribution < -0.4 is 0 Å². The highest BCUT2D eigenvalue weighted by Crippen LogP contribution is 2.37. The summed E-state index contributed by atoms with van der Waals surface area (Å²) in [5, 5.41) is 11.4. The van der Waals surface area contributed by atoms with Gasteiger partial charge in [0.05, 0.1) is 17.9 Å². The third kappa shape index (κ3) is 1.66. The fourth-order valence-corrected chi connectivity index (χ4v) is 3.58. The lowest BCUT2D eigenvalue weighted by Gasteiger charge is -1.95. The fourth-order valence-electron chi connectivity index (χ4n) is 1.21. The molecule has 0 spiro atoms. The lowest BCUT2D eigenvalue weighted by atomic mass is 10.2. The van der Waals surface area contributed by atoms with Crippen molar-refractivity contribution in [1.82, 2.24) is 0 Å². The summed E-state index contributed by atoms with van der Waals surface area (Å²) in [6.07, 6.45) is 0. The molecule has 0 N–H and O–H groups in total. The predicted molar refractivity (Wildman–Crippen MR) is 68.9 cm³/mol. The van der Waals surface area contributed by atoms with Gasteiger partial charge in [0.15, 0.2) is 0 Å². The van der Waals surface area contributed by atoms with Gasteiger partial charge in [0, 0.05) is 10.5 Å². The molecular formula is C8H3BrINO2S. The van der Waals surface area contributed by atoms with Gasteiger partial charge in [-0.15, -0.1) is 11.3 Å². The van der Waals surface area contributed by atoms with Crippen LogP contribution in [0.5, 0.6) is 0 Å². The lowest BCUT2D eigenvalue weighted by molar-refractivity contribution is -0.383. The standard InChI is InChI=1S/C8H3BrINO2S/c9-5-1-2-6(11(12)13)4-3-7(10)14-8(4)5/h1-3H. The van der Waals surface area contributed by atoms with Crippen LogP contribution in [0, 0.1) is 13.0 Å². The van der Waals surface area contributed by atoms with E-state index in [1.54, 1.807) is 17.4 Å². The second kappa shape index (κ2) is 3.74. The topological polar surface area (TPSA) is 43.1 Å². The molecule has 0 fully saturated rings. The van der Waals surface area contributed by atoms with Crippen LogP contribution in [0.15, 0.2) is 22.7 Å². The van der Waals surface area contributed by atoms with Crippen molar-refractivity contribution in [3.05, 3.63) is 35.7 Å². The number of halogens is 2. The second-order valence-corrected chi connectivity index (χ2v) is 6.42. The summed E-state index contributed by atoms with van der Waals surface area (Å²) < 4.78 is 2.89. The van der Waals surface area contributed by atoms with Gasteiger partial charge in [0.1, 0.15) is 0 Å². The Morgan fingerprint density at radius 3 is 2.86 bits per heavy atom. The first-order valence-electron chi connectivity index (χ1n) is 3.61. The number of nitro benzene ring substituents is 1. The van der Waals surface area contributed by atoms with Crippen molar-refractivity contribution < 1.29 is 4.92 Å². The summed E-state index contributed by atoms with van der Waals surface area (Å²) in [5.74, 6) is 0. The Labute approximate surface area is 106 Å². The number of benzene rings is 1. The molecule has 0 saturated carbocycles. The largest absolute Gasteiger partial charge is 0.278 e. The summed E-state index contributed by atoms with van der Waals surface area (Å²) in [6.45, 7) is 0. The monoisotopic (exact) mass is 383 g/mol. The average Bonchev–Trinajstić information content (AvgIpc) is 2.47. The van der Waals surface area contributed by atoms with E-state index in [1.807, 2.05) is 6.07 Å². The third-order valence-electron chi connectivity index (χ3n) is 1.78. The molecule has 2 rings (SSSR count). The highest BCUT2D eigenvalue weighted by molar-refractivity contribution is 14.1. The second-order valence-electron chi connectivity index (χ2n) is 2.62. The number of nitro groups is 1. The van der Waals surface area contributed by atoms with E-state index >= 15 is 0 Å². The van der Waals surface area contributed by atoms with Gasteiger partial charge < -0.3 is 0 Å². The molecule has 0 radical (unpaired) electrons. The van der Waals surface area contributed by atoms with Crippen molar-refractivity contribution >= 4 is 65.6 Å². The van der Waals surface area contributed by atoms with E-state index in [1.165, 1.54) is 6.07 Å². The SMILES string of the molecule is O=[N+]([O-])c1ccc(Br)c2sc(I)cc12. The molecule has 0 aliphatic carbocycles. The average molecular weight is 384 g/mol. The Bertz CT molecular complexity index is 525. The van der Waals surface area contributed by atoms with Gasteiger partial charge in [-0.05, 0) is 50.7 Å². The maximum Gasteiger partial charge on any atom is 0.278 e. The first kappa shape index (κ1) is 10.3. The number of fused-ring (bicyclic) bond motifs is 1. The molecule has 2 aromatic rings. The summed E-state index contributed by atoms with van der Waals surface area (Å²) >= 11 is 7.09. The van der Waals surface area contributed by atoms with E-state index in [0.29, 0.717) is 5.39 Å². The zero-order chi connectivity index (χ0) is 10.3. The van der Waals surface area contributed by atoms with Gasteiger partial charge in [-0.2, -0.15) is 0 Å². The van der Waals surface area contributed by atoms with Crippen molar-refractivity contribution in [3.63, 3.8) is 0 Å². The van der Waals surface area contributed by atoms with Crippen LogP contribution >= 0.6 is 49.9 Å². The quantitative estimate of drug-likeness (QED) is 0.421. The minimum Gasteiger partial charge on any atom is -0.258 e. The van der Waals surface area contributed by atoms with Crippen molar-refractivity contribution in [2.45, 2.75) is 0 Å². The molecule has 1 heterocycles. The minimum absolute atomic E-state index is 0.169. The Balaban J connectivity index is 2.87. The molecule has 6 heteroatoms. The number of nitrogens with zero attached hydrogens (tertiary/aromatic N) is 1. The molecule has 0 amide bonds. The van der Waals surface area contributed by atoms with Crippen LogP contribution in [0.4, 0.5) is 5.69 Å². The van der Waals surface area contributed by atoms with Crippen LogP contribution in [0.25, 0.3) is 10.1 Å². The summed E-state index contributed by atoms with van der Waals surface area (Å²) in [7, 11) is 0. The Kier molecular flexibility index (Phi) is 2.76. The van der Waals surface area contributed by atoms with Crippen LogP contribution in [0.2, 0.25) is 0 Å². The maximum absolute atomic E-state index is 10.7. The smallest absolute Gasteiger partial charge is 0.258 e. The molecule has 14 heavy (non-hydrogen) atoms. The first-order chi connectivity index (χ1) is 6.59. The van der Waals surface area contributed by atoms with E-state index in [0.717, 1.165) is 12.1 Å². The zero-order valence-corrected chi connectivity index (χ0v) is 11.2. The van der Waals surface area contributed by atoms with Gasteiger partial charge in [-0.25, -0.2) is 0 Å². The summed E-state index contributed by atoms with van der Waals surface area (Å²) in [5.41, 5.74) is 0.169. The van der Waals surface area contributed by atoms with Crippen LogP contribution in [0.1, 0.15) is 0 Å². The maximum atomic E-state index is 10.7. The minimum atomic E-state index is -0.350. The highest BCUT2D eigenvalue weighted by atomic mass is 127. The molecule has 0 aliphatic rings. The van der Waals surface area contributed by atoms with Crippen molar-refractivity contribution in [2.75, 3.05) is 0 Å². The number of non-ortho nitro benzene ring substituents is 1. The van der Waals surface area contributed by atoms with Gasteiger partial charge in [0.25, 0.3) is 5.69 Å². The van der Waals surface area contributed by atoms with E-state index in [4.69, 9.17) is 0 Å². The van der Waals surface area contributed by atoms with Crippen LogP contribution in [0.3, 0.4) is 0 Å². The molecular weight excluding hydrogens is 381 g/mol. The van der Waals surface area contributed by atoms with Crippen molar-refractivity contribution in [2.24, 2.45) is 0 Å². The number of thiophene rings is 1. The molecule has 0 saturated heterocycles. The fraction of sp³-hybridized carbons (Fsp3) is 0. The number of hydrogen-bond acceptors (Lipinski definition) is 3. The normalized spacial score (nSPS) is 10.7. The molecule has 1 aromatic carbocycles. The van der Waals surface area contributed by atoms with Crippen molar-refractivity contribution in [1.29, 1.82) is 0 Å². The van der Waals surface area contributed by atoms with E-state index < -0.39 is 0 Å². The number of hydrogen-bond donors (Lipinski definition) is 0. The first-order valence-corrected chi connectivity index (χ1v) is 6.30. The highest BCUT2D eigenvalue weighted by Gasteiger charge is 2.15. The van der Waals surface area contributed by atoms with Gasteiger partial charge >= 0.3 is 0 Å². The number of rotatable bonds is 1. The molecule has 0 bridgehead atoms. The molecule has 0 unspecified atom stereocenters. The molecule has 3 nitrogen and oxygen atoms in total. The zero-order valence-electron chi connectivity index (χ0n) is 6.66. The Morgan fingerprint density at radius 2 is 2.21 bits per heavy atom. The molecule has 0 aliphatic heterocycles. The summed E-state index contributed by atoms with van der Waals surface area (Å²) in [6, 6.07) is 5.08. The molecule has 0 atom stereocenters. The Morgan fingerprint density at radius 1 is 1.50 bits per heavy atom. The van der Waals surface area contributed by atoms with E-state index in [-0.39, 0.29) is 10.6 Å². The predicted octanol–water partition coefficient (Wildman–Crippen LogP) is 4.18. The van der Waals surface area contributed by atoms with Gasteiger partial charge in [-0.1, -0.05) is 0 Å². The molecule has 72 valence electrons. The van der Waals surface area contributed by atoms with E-state index in [9.17, 15) is 10.1 Å². The Hall–Kier alpha value is -0.210.